The summed E-state index contributed by atoms with van der Waals surface area (Å²) in [6.45, 7) is 15.0. The number of ether oxygens (including phenoxy) is 1. The molecule has 1 saturated heterocycles. The lowest BCUT2D eigenvalue weighted by atomic mass is 9.72. The number of likely N-dealkylation sites (tertiary alicyclic amines) is 1. The van der Waals surface area contributed by atoms with Crippen LogP contribution in [0.5, 0.6) is 5.75 Å². The Morgan fingerprint density at radius 3 is 2.12 bits per heavy atom. The fourth-order valence-corrected chi connectivity index (χ4v) is 4.47. The molecule has 1 atom stereocenters. The van der Waals surface area contributed by atoms with Crippen LogP contribution in [-0.2, 0) is 5.41 Å². The van der Waals surface area contributed by atoms with E-state index >= 15 is 0 Å². The van der Waals surface area contributed by atoms with Gasteiger partial charge >= 0.3 is 0 Å². The molecule has 0 aliphatic carbocycles. The van der Waals surface area contributed by atoms with Gasteiger partial charge in [-0.3, -0.25) is 0 Å². The van der Waals surface area contributed by atoms with E-state index in [1.807, 2.05) is 12.1 Å². The second kappa shape index (κ2) is 7.67. The van der Waals surface area contributed by atoms with E-state index in [9.17, 15) is 5.11 Å². The van der Waals surface area contributed by atoms with Crippen molar-refractivity contribution in [3.8, 4) is 5.75 Å². The normalized spacial score (nSPS) is 19.0. The number of aliphatic hydroxyl groups is 1. The molecule has 1 aromatic rings. The number of likely N-dealkylation sites (N-methyl/N-ethyl adjacent to an activating group) is 1. The van der Waals surface area contributed by atoms with Crippen LogP contribution in [0.2, 0.25) is 0 Å². The lowest BCUT2D eigenvalue weighted by molar-refractivity contribution is -0.900. The summed E-state index contributed by atoms with van der Waals surface area (Å²) in [5.41, 5.74) is 1.79. The third-order valence-corrected chi connectivity index (χ3v) is 5.35. The number of benzene rings is 1. The van der Waals surface area contributed by atoms with Gasteiger partial charge in [-0.15, -0.1) is 0 Å². The van der Waals surface area contributed by atoms with Crippen molar-refractivity contribution in [2.75, 3.05) is 33.3 Å². The molecule has 1 heterocycles. The van der Waals surface area contributed by atoms with Gasteiger partial charge < -0.3 is 14.3 Å². The highest BCUT2D eigenvalue weighted by Gasteiger charge is 2.30. The summed E-state index contributed by atoms with van der Waals surface area (Å²) >= 11 is 0. The van der Waals surface area contributed by atoms with Gasteiger partial charge in [0, 0.05) is 12.8 Å². The first-order valence-corrected chi connectivity index (χ1v) is 9.74. The molecule has 142 valence electrons. The van der Waals surface area contributed by atoms with E-state index in [1.54, 1.807) is 0 Å². The first-order chi connectivity index (χ1) is 11.5. The van der Waals surface area contributed by atoms with Gasteiger partial charge in [-0.1, -0.05) is 46.8 Å². The maximum atomic E-state index is 10.3. The molecule has 2 rings (SSSR count). The van der Waals surface area contributed by atoms with Crippen LogP contribution in [-0.4, -0.2) is 49.0 Å². The first-order valence-electron chi connectivity index (χ1n) is 9.74. The number of hydrogen-bond donors (Lipinski definition) is 1. The van der Waals surface area contributed by atoms with E-state index in [1.165, 1.54) is 31.5 Å². The van der Waals surface area contributed by atoms with Crippen LogP contribution in [0.25, 0.3) is 0 Å². The molecule has 0 aromatic heterocycles. The smallest absolute Gasteiger partial charge is 0.137 e. The molecule has 1 fully saturated rings. The third kappa shape index (κ3) is 6.31. The van der Waals surface area contributed by atoms with Gasteiger partial charge in [0.1, 0.15) is 25.0 Å². The van der Waals surface area contributed by atoms with Crippen molar-refractivity contribution in [2.45, 2.75) is 65.4 Å². The standard InChI is InChI=1S/C22H38NO2/c1-21(2,3)17-22(4,5)18-9-11-20(12-10-18)25-16-19(24)15-23(6)13-7-8-14-23/h9-12,19,24H,7-8,13-17H2,1-6H3/q+1/t19-/m1/s1. The number of aliphatic hydroxyl groups excluding tert-OH is 1. The van der Waals surface area contributed by atoms with Crippen LogP contribution in [0, 0.1) is 5.41 Å². The van der Waals surface area contributed by atoms with E-state index in [0.717, 1.165) is 23.2 Å². The molecule has 0 bridgehead atoms. The number of rotatable bonds is 7. The van der Waals surface area contributed by atoms with Crippen molar-refractivity contribution in [3.05, 3.63) is 29.8 Å². The molecule has 3 nitrogen and oxygen atoms in total. The summed E-state index contributed by atoms with van der Waals surface area (Å²) in [6.07, 6.45) is 3.28. The summed E-state index contributed by atoms with van der Waals surface area (Å²) in [5, 5.41) is 10.3. The Morgan fingerprint density at radius 1 is 1.04 bits per heavy atom. The van der Waals surface area contributed by atoms with Gasteiger partial charge in [0.25, 0.3) is 0 Å². The zero-order chi connectivity index (χ0) is 18.7. The van der Waals surface area contributed by atoms with Crippen molar-refractivity contribution in [2.24, 2.45) is 5.41 Å². The number of nitrogens with zero attached hydrogens (tertiary/aromatic N) is 1. The molecule has 0 unspecified atom stereocenters. The molecule has 1 aromatic carbocycles. The highest BCUT2D eigenvalue weighted by Crippen LogP contribution is 2.36. The summed E-state index contributed by atoms with van der Waals surface area (Å²) in [6, 6.07) is 8.42. The van der Waals surface area contributed by atoms with Crippen LogP contribution in [0.1, 0.15) is 59.4 Å². The van der Waals surface area contributed by atoms with E-state index in [-0.39, 0.29) is 5.41 Å². The lowest BCUT2D eigenvalue weighted by Gasteiger charge is -2.33. The van der Waals surface area contributed by atoms with Gasteiger partial charge in [0.2, 0.25) is 0 Å². The Bertz CT molecular complexity index is 536. The van der Waals surface area contributed by atoms with E-state index in [4.69, 9.17) is 4.74 Å². The van der Waals surface area contributed by atoms with Crippen molar-refractivity contribution in [1.29, 1.82) is 0 Å². The quantitative estimate of drug-likeness (QED) is 0.741. The summed E-state index contributed by atoms with van der Waals surface area (Å²) in [4.78, 5) is 0. The second-order valence-electron chi connectivity index (χ2n) is 10.1. The lowest BCUT2D eigenvalue weighted by Crippen LogP contribution is -2.47. The Kier molecular flexibility index (Phi) is 6.22. The zero-order valence-corrected chi connectivity index (χ0v) is 17.1. The Morgan fingerprint density at radius 2 is 1.60 bits per heavy atom. The van der Waals surface area contributed by atoms with Crippen molar-refractivity contribution in [3.63, 3.8) is 0 Å². The van der Waals surface area contributed by atoms with E-state index < -0.39 is 6.10 Å². The average Bonchev–Trinajstić information content (AvgIpc) is 2.89. The minimum absolute atomic E-state index is 0.144. The zero-order valence-electron chi connectivity index (χ0n) is 17.1. The molecule has 0 amide bonds. The van der Waals surface area contributed by atoms with Crippen LogP contribution < -0.4 is 4.74 Å². The van der Waals surface area contributed by atoms with Gasteiger partial charge in [-0.2, -0.15) is 0 Å². The Balaban J connectivity index is 1.87. The van der Waals surface area contributed by atoms with Gasteiger partial charge in [-0.25, -0.2) is 0 Å². The van der Waals surface area contributed by atoms with Gasteiger partial charge in [0.15, 0.2) is 0 Å². The monoisotopic (exact) mass is 348 g/mol. The van der Waals surface area contributed by atoms with Crippen LogP contribution in [0.4, 0.5) is 0 Å². The third-order valence-electron chi connectivity index (χ3n) is 5.35. The predicted molar refractivity (Wildman–Crippen MR) is 105 cm³/mol. The molecule has 1 aliphatic rings. The minimum Gasteiger partial charge on any atom is -0.491 e. The van der Waals surface area contributed by atoms with Crippen LogP contribution >= 0.6 is 0 Å². The molecule has 3 heteroatoms. The van der Waals surface area contributed by atoms with Crippen molar-refractivity contribution in [1.82, 2.24) is 0 Å². The molecule has 0 saturated carbocycles. The number of hydrogen-bond acceptors (Lipinski definition) is 2. The van der Waals surface area contributed by atoms with E-state index in [2.05, 4.69) is 53.8 Å². The molecule has 25 heavy (non-hydrogen) atoms. The minimum atomic E-state index is -0.403. The average molecular weight is 349 g/mol. The van der Waals surface area contributed by atoms with Crippen molar-refractivity contribution < 1.29 is 14.3 Å². The fourth-order valence-electron chi connectivity index (χ4n) is 4.47. The fraction of sp³-hybridized carbons (Fsp3) is 0.727. The van der Waals surface area contributed by atoms with Gasteiger partial charge in [-0.05, 0) is 34.9 Å². The second-order valence-corrected chi connectivity index (χ2v) is 10.1. The molecule has 1 aliphatic heterocycles. The molecular weight excluding hydrogens is 310 g/mol. The van der Waals surface area contributed by atoms with Gasteiger partial charge in [0.05, 0.1) is 20.1 Å². The molecule has 1 N–H and O–H groups in total. The predicted octanol–water partition coefficient (Wildman–Crippen LogP) is 4.38. The van der Waals surface area contributed by atoms with Crippen molar-refractivity contribution >= 4 is 0 Å². The molecule has 0 radical (unpaired) electrons. The molecule has 0 spiro atoms. The summed E-state index contributed by atoms with van der Waals surface area (Å²) in [5.74, 6) is 0.846. The first kappa shape index (κ1) is 20.3. The topological polar surface area (TPSA) is 29.5 Å². The van der Waals surface area contributed by atoms with Crippen LogP contribution in [0.3, 0.4) is 0 Å². The Hall–Kier alpha value is -1.06. The Labute approximate surface area is 154 Å². The number of quaternary nitrogens is 1. The summed E-state index contributed by atoms with van der Waals surface area (Å²) in [7, 11) is 2.24. The maximum absolute atomic E-state index is 10.3. The van der Waals surface area contributed by atoms with E-state index in [0.29, 0.717) is 12.0 Å². The maximum Gasteiger partial charge on any atom is 0.137 e. The highest BCUT2D eigenvalue weighted by molar-refractivity contribution is 5.31. The molecular formula is C22H38NO2+. The highest BCUT2D eigenvalue weighted by atomic mass is 16.5. The largest absolute Gasteiger partial charge is 0.491 e. The summed E-state index contributed by atoms with van der Waals surface area (Å²) < 4.78 is 6.81. The van der Waals surface area contributed by atoms with Crippen LogP contribution in [0.15, 0.2) is 24.3 Å². The SMILES string of the molecule is CC(C)(C)CC(C)(C)c1ccc(OC[C@H](O)C[N+]2(C)CCCC2)cc1.